The molecule has 1 saturated carbocycles. The maximum atomic E-state index is 4.85. The van der Waals surface area contributed by atoms with Crippen molar-refractivity contribution in [3.8, 4) is 0 Å². The average Bonchev–Trinajstić information content (AvgIpc) is 3.22. The summed E-state index contributed by atoms with van der Waals surface area (Å²) in [5, 5.41) is 7.87. The Morgan fingerprint density at radius 1 is 1.26 bits per heavy atom. The summed E-state index contributed by atoms with van der Waals surface area (Å²) < 4.78 is 0. The van der Waals surface area contributed by atoms with Crippen LogP contribution in [0.1, 0.15) is 38.2 Å². The van der Waals surface area contributed by atoms with E-state index in [0.717, 1.165) is 30.8 Å². The van der Waals surface area contributed by atoms with Gasteiger partial charge in [-0.2, -0.15) is 11.8 Å². The standard InChI is InChI=1S/C21H32N4S.HI/c1-3-22-21(24-18-9-7-11-20(15-18)26-2)23-16-17-8-6-10-19(14-17)25-12-4-5-13-25;/h4-6,8,10,14,18,20H,3,7,9,11-13,15-16H2,1-2H3,(H2,22,23,24);1H. The molecule has 150 valence electrons. The number of halogens is 1. The summed E-state index contributed by atoms with van der Waals surface area (Å²) in [6, 6.07) is 9.31. The monoisotopic (exact) mass is 500 g/mol. The molecule has 0 radical (unpaired) electrons. The molecule has 2 aliphatic rings. The molecule has 2 N–H and O–H groups in total. The maximum Gasteiger partial charge on any atom is 0.191 e. The van der Waals surface area contributed by atoms with Gasteiger partial charge >= 0.3 is 0 Å². The number of thioether (sulfide) groups is 1. The molecule has 3 rings (SSSR count). The van der Waals surface area contributed by atoms with Crippen molar-refractivity contribution in [1.29, 1.82) is 0 Å². The van der Waals surface area contributed by atoms with Gasteiger partial charge in [0.05, 0.1) is 6.54 Å². The fraction of sp³-hybridized carbons (Fsp3) is 0.571. The predicted octanol–water partition coefficient (Wildman–Crippen LogP) is 4.41. The van der Waals surface area contributed by atoms with Crippen molar-refractivity contribution in [3.63, 3.8) is 0 Å². The number of nitrogens with zero attached hydrogens (tertiary/aromatic N) is 2. The van der Waals surface area contributed by atoms with Gasteiger partial charge < -0.3 is 15.5 Å². The first kappa shape index (κ1) is 22.4. The van der Waals surface area contributed by atoms with Crippen LogP contribution in [0.4, 0.5) is 5.69 Å². The van der Waals surface area contributed by atoms with Crippen LogP contribution >= 0.6 is 35.7 Å². The second kappa shape index (κ2) is 11.8. The first-order valence-electron chi connectivity index (χ1n) is 9.85. The topological polar surface area (TPSA) is 39.7 Å². The Bertz CT molecular complexity index is 626. The van der Waals surface area contributed by atoms with E-state index in [-0.39, 0.29) is 24.0 Å². The first-order valence-corrected chi connectivity index (χ1v) is 11.1. The number of benzene rings is 1. The van der Waals surface area contributed by atoms with Gasteiger partial charge in [-0.05, 0) is 50.1 Å². The van der Waals surface area contributed by atoms with Gasteiger partial charge in [-0.1, -0.05) is 30.7 Å². The molecule has 1 aliphatic heterocycles. The minimum Gasteiger partial charge on any atom is -0.364 e. The molecular weight excluding hydrogens is 467 g/mol. The van der Waals surface area contributed by atoms with Crippen molar-refractivity contribution in [2.75, 3.05) is 30.8 Å². The zero-order valence-corrected chi connectivity index (χ0v) is 19.6. The van der Waals surface area contributed by atoms with E-state index in [9.17, 15) is 0 Å². The normalized spacial score (nSPS) is 22.4. The SMILES string of the molecule is CCNC(=NCc1cccc(N2CC=CC2)c1)NC1CCCC(SC)C1.I. The highest BCUT2D eigenvalue weighted by molar-refractivity contribution is 14.0. The molecule has 1 aromatic rings. The molecule has 0 bridgehead atoms. The number of rotatable bonds is 6. The molecule has 2 atom stereocenters. The van der Waals surface area contributed by atoms with Crippen LogP contribution in [0.3, 0.4) is 0 Å². The Hall–Kier alpha value is -0.890. The van der Waals surface area contributed by atoms with E-state index in [1.807, 2.05) is 11.8 Å². The van der Waals surface area contributed by atoms with Crippen LogP contribution < -0.4 is 15.5 Å². The van der Waals surface area contributed by atoms with Crippen LogP contribution in [0, 0.1) is 0 Å². The lowest BCUT2D eigenvalue weighted by molar-refractivity contribution is 0.419. The second-order valence-corrected chi connectivity index (χ2v) is 8.25. The highest BCUT2D eigenvalue weighted by atomic mass is 127. The second-order valence-electron chi connectivity index (χ2n) is 7.11. The minimum atomic E-state index is 0. The van der Waals surface area contributed by atoms with Crippen molar-refractivity contribution in [2.45, 2.75) is 50.4 Å². The summed E-state index contributed by atoms with van der Waals surface area (Å²) in [4.78, 5) is 7.23. The zero-order valence-electron chi connectivity index (χ0n) is 16.5. The molecule has 0 aromatic heterocycles. The Balaban J connectivity index is 0.00000261. The minimum absolute atomic E-state index is 0. The number of hydrogen-bond acceptors (Lipinski definition) is 3. The van der Waals surface area contributed by atoms with Crippen LogP contribution in [0.25, 0.3) is 0 Å². The summed E-state index contributed by atoms with van der Waals surface area (Å²) >= 11 is 2.00. The Kier molecular flexibility index (Phi) is 9.82. The lowest BCUT2D eigenvalue weighted by Gasteiger charge is -2.29. The third-order valence-electron chi connectivity index (χ3n) is 5.16. The van der Waals surface area contributed by atoms with E-state index < -0.39 is 0 Å². The van der Waals surface area contributed by atoms with Gasteiger partial charge in [-0.15, -0.1) is 24.0 Å². The third-order valence-corrected chi connectivity index (χ3v) is 6.25. The molecule has 27 heavy (non-hydrogen) atoms. The van der Waals surface area contributed by atoms with Gasteiger partial charge in [0.1, 0.15) is 0 Å². The molecule has 0 saturated heterocycles. The zero-order chi connectivity index (χ0) is 18.2. The third kappa shape index (κ3) is 6.89. The molecule has 1 heterocycles. The summed E-state index contributed by atoms with van der Waals surface area (Å²) in [7, 11) is 0. The summed E-state index contributed by atoms with van der Waals surface area (Å²) in [5.74, 6) is 0.951. The molecule has 2 unspecified atom stereocenters. The molecule has 0 spiro atoms. The molecule has 0 amide bonds. The van der Waals surface area contributed by atoms with E-state index in [4.69, 9.17) is 4.99 Å². The van der Waals surface area contributed by atoms with Crippen molar-refractivity contribution < 1.29 is 0 Å². The fourth-order valence-electron chi connectivity index (χ4n) is 3.71. The van der Waals surface area contributed by atoms with Crippen LogP contribution in [-0.4, -0.2) is 43.1 Å². The van der Waals surface area contributed by atoms with Crippen molar-refractivity contribution in [3.05, 3.63) is 42.0 Å². The van der Waals surface area contributed by atoms with Gasteiger partial charge in [-0.3, -0.25) is 0 Å². The average molecular weight is 500 g/mol. The van der Waals surface area contributed by atoms with Crippen LogP contribution in [0.5, 0.6) is 0 Å². The maximum absolute atomic E-state index is 4.85. The molecule has 6 heteroatoms. The van der Waals surface area contributed by atoms with Crippen LogP contribution in [0.2, 0.25) is 0 Å². The van der Waals surface area contributed by atoms with Gasteiger partial charge in [0.2, 0.25) is 0 Å². The summed E-state index contributed by atoms with van der Waals surface area (Å²) in [6.45, 7) is 5.75. The predicted molar refractivity (Wildman–Crippen MR) is 131 cm³/mol. The number of anilines is 1. The van der Waals surface area contributed by atoms with E-state index in [2.05, 4.69) is 65.1 Å². The number of nitrogens with one attached hydrogen (secondary N) is 2. The Labute approximate surface area is 185 Å². The van der Waals surface area contributed by atoms with E-state index in [1.54, 1.807) is 0 Å². The molecular formula is C21H33IN4S. The number of hydrogen-bond donors (Lipinski definition) is 2. The van der Waals surface area contributed by atoms with Crippen LogP contribution in [-0.2, 0) is 6.54 Å². The lowest BCUT2D eigenvalue weighted by atomic mass is 9.95. The van der Waals surface area contributed by atoms with E-state index >= 15 is 0 Å². The Morgan fingerprint density at radius 2 is 2.07 bits per heavy atom. The number of aliphatic imine (C=N–C) groups is 1. The van der Waals surface area contributed by atoms with Gasteiger partial charge in [0.15, 0.2) is 5.96 Å². The van der Waals surface area contributed by atoms with E-state index in [0.29, 0.717) is 12.6 Å². The summed E-state index contributed by atoms with van der Waals surface area (Å²) in [5.41, 5.74) is 2.55. The quantitative estimate of drug-likeness (QED) is 0.263. The number of guanidine groups is 1. The smallest absolute Gasteiger partial charge is 0.191 e. The van der Waals surface area contributed by atoms with Gasteiger partial charge in [-0.25, -0.2) is 4.99 Å². The highest BCUT2D eigenvalue weighted by Crippen LogP contribution is 2.26. The highest BCUT2D eigenvalue weighted by Gasteiger charge is 2.21. The van der Waals surface area contributed by atoms with Crippen molar-refractivity contribution in [2.24, 2.45) is 4.99 Å². The first-order chi connectivity index (χ1) is 12.8. The molecule has 4 nitrogen and oxygen atoms in total. The van der Waals surface area contributed by atoms with Crippen molar-refractivity contribution in [1.82, 2.24) is 10.6 Å². The largest absolute Gasteiger partial charge is 0.364 e. The molecule has 1 fully saturated rings. The van der Waals surface area contributed by atoms with Gasteiger partial charge in [0, 0.05) is 36.6 Å². The molecule has 1 aromatic carbocycles. The lowest BCUT2D eigenvalue weighted by Crippen LogP contribution is -2.45. The summed E-state index contributed by atoms with van der Waals surface area (Å²) in [6.07, 6.45) is 11.8. The van der Waals surface area contributed by atoms with Crippen LogP contribution in [0.15, 0.2) is 41.4 Å². The van der Waals surface area contributed by atoms with Crippen molar-refractivity contribution >= 4 is 47.4 Å². The fourth-order valence-corrected chi connectivity index (χ4v) is 4.54. The van der Waals surface area contributed by atoms with E-state index in [1.165, 1.54) is 36.9 Å². The Morgan fingerprint density at radius 3 is 2.81 bits per heavy atom. The molecule has 1 aliphatic carbocycles. The van der Waals surface area contributed by atoms with Gasteiger partial charge in [0.25, 0.3) is 0 Å².